The Kier molecular flexibility index (Phi) is 3.90. The van der Waals surface area contributed by atoms with Gasteiger partial charge in [-0.15, -0.1) is 0 Å². The van der Waals surface area contributed by atoms with Gasteiger partial charge in [0.25, 0.3) is 10.1 Å². The summed E-state index contributed by atoms with van der Waals surface area (Å²) in [7, 11) is -4.02. The second-order valence-electron chi connectivity index (χ2n) is 4.96. The van der Waals surface area contributed by atoms with Gasteiger partial charge in [-0.25, -0.2) is 0 Å². The first-order valence-electron chi connectivity index (χ1n) is 6.09. The minimum atomic E-state index is -4.02. The summed E-state index contributed by atoms with van der Waals surface area (Å²) in [5.74, 6) is 1.58. The normalized spacial score (nSPS) is 27.7. The Morgan fingerprint density at radius 2 is 2.00 bits per heavy atom. The zero-order chi connectivity index (χ0) is 14.0. The molecule has 3 rings (SSSR count). The SMILES string of the molecule is Cc1ccc(S(=O)(=O)O)cc1.N#CC1NCC2CC21. The van der Waals surface area contributed by atoms with Crippen molar-refractivity contribution in [2.75, 3.05) is 6.54 Å². The van der Waals surface area contributed by atoms with Crippen molar-refractivity contribution in [3.8, 4) is 6.07 Å². The molecule has 0 aromatic heterocycles. The van der Waals surface area contributed by atoms with E-state index in [1.54, 1.807) is 12.1 Å². The molecule has 2 fully saturated rings. The Hall–Kier alpha value is -1.42. The third-order valence-corrected chi connectivity index (χ3v) is 4.33. The van der Waals surface area contributed by atoms with E-state index < -0.39 is 10.1 Å². The summed E-state index contributed by atoms with van der Waals surface area (Å²) in [4.78, 5) is -0.0666. The molecule has 102 valence electrons. The fourth-order valence-electron chi connectivity index (χ4n) is 2.20. The molecule has 0 bridgehead atoms. The quantitative estimate of drug-likeness (QED) is 0.758. The first kappa shape index (κ1) is 14.0. The van der Waals surface area contributed by atoms with Crippen LogP contribution in [-0.2, 0) is 10.1 Å². The van der Waals surface area contributed by atoms with Crippen molar-refractivity contribution in [2.24, 2.45) is 11.8 Å². The average molecular weight is 280 g/mol. The smallest absolute Gasteiger partial charge is 0.294 e. The Morgan fingerprint density at radius 1 is 1.37 bits per heavy atom. The number of hydrogen-bond donors (Lipinski definition) is 2. The first-order chi connectivity index (χ1) is 8.91. The van der Waals surface area contributed by atoms with Crippen LogP contribution < -0.4 is 5.32 Å². The number of nitrogens with zero attached hydrogens (tertiary/aromatic N) is 1. The van der Waals surface area contributed by atoms with Crippen LogP contribution in [0.3, 0.4) is 0 Å². The molecule has 1 saturated carbocycles. The molecule has 0 radical (unpaired) electrons. The molecule has 1 saturated heterocycles. The molecule has 3 atom stereocenters. The molecule has 2 N–H and O–H groups in total. The third-order valence-electron chi connectivity index (χ3n) is 3.46. The number of aryl methyl sites for hydroxylation is 1. The van der Waals surface area contributed by atoms with Crippen LogP contribution in [0.25, 0.3) is 0 Å². The summed E-state index contributed by atoms with van der Waals surface area (Å²) >= 11 is 0. The Labute approximate surface area is 113 Å². The van der Waals surface area contributed by atoms with Gasteiger partial charge in [0, 0.05) is 0 Å². The lowest BCUT2D eigenvalue weighted by molar-refractivity contribution is 0.483. The van der Waals surface area contributed by atoms with Crippen molar-refractivity contribution in [3.05, 3.63) is 29.8 Å². The largest absolute Gasteiger partial charge is 0.301 e. The lowest BCUT2D eigenvalue weighted by Crippen LogP contribution is -2.23. The lowest BCUT2D eigenvalue weighted by Gasteiger charge is -1.98. The zero-order valence-corrected chi connectivity index (χ0v) is 11.4. The standard InChI is InChI=1S/C7H8O3S.C6H8N2/c1-6-2-4-7(5-3-6)11(8,9)10;7-2-6-5-1-4(5)3-8-6/h2-5H,1H3,(H,8,9,10);4-6,8H,1,3H2. The highest BCUT2D eigenvalue weighted by Crippen LogP contribution is 2.44. The van der Waals surface area contributed by atoms with E-state index in [9.17, 15) is 8.42 Å². The minimum absolute atomic E-state index is 0.0666. The monoisotopic (exact) mass is 280 g/mol. The summed E-state index contributed by atoms with van der Waals surface area (Å²) < 4.78 is 29.6. The van der Waals surface area contributed by atoms with Gasteiger partial charge in [-0.2, -0.15) is 13.7 Å². The number of fused-ring (bicyclic) bond motifs is 1. The summed E-state index contributed by atoms with van der Waals surface area (Å²) in [5.41, 5.74) is 0.956. The fraction of sp³-hybridized carbons (Fsp3) is 0.462. The van der Waals surface area contributed by atoms with Crippen LogP contribution in [0.1, 0.15) is 12.0 Å². The predicted octanol–water partition coefficient (Wildman–Crippen LogP) is 1.36. The topological polar surface area (TPSA) is 90.2 Å². The molecule has 1 aromatic rings. The van der Waals surface area contributed by atoms with Gasteiger partial charge in [0.05, 0.1) is 17.0 Å². The second-order valence-corrected chi connectivity index (χ2v) is 6.38. The maximum absolute atomic E-state index is 10.5. The highest BCUT2D eigenvalue weighted by molar-refractivity contribution is 7.85. The van der Waals surface area contributed by atoms with Crippen molar-refractivity contribution in [2.45, 2.75) is 24.3 Å². The molecule has 0 spiro atoms. The van der Waals surface area contributed by atoms with E-state index in [0.29, 0.717) is 0 Å². The van der Waals surface area contributed by atoms with Gasteiger partial charge in [0.2, 0.25) is 0 Å². The molecule has 1 aliphatic carbocycles. The van der Waals surface area contributed by atoms with Crippen molar-refractivity contribution >= 4 is 10.1 Å². The maximum Gasteiger partial charge on any atom is 0.294 e. The third kappa shape index (κ3) is 3.53. The highest BCUT2D eigenvalue weighted by atomic mass is 32.2. The van der Waals surface area contributed by atoms with Crippen LogP contribution in [0.5, 0.6) is 0 Å². The summed E-state index contributed by atoms with van der Waals surface area (Å²) in [5, 5.41) is 11.6. The van der Waals surface area contributed by atoms with Gasteiger partial charge in [0.1, 0.15) is 0 Å². The summed E-state index contributed by atoms with van der Waals surface area (Å²) in [6, 6.07) is 8.43. The molecule has 6 heteroatoms. The van der Waals surface area contributed by atoms with Gasteiger partial charge >= 0.3 is 0 Å². The maximum atomic E-state index is 10.5. The fourth-order valence-corrected chi connectivity index (χ4v) is 2.68. The summed E-state index contributed by atoms with van der Waals surface area (Å²) in [6.45, 7) is 2.93. The van der Waals surface area contributed by atoms with Crippen molar-refractivity contribution in [3.63, 3.8) is 0 Å². The number of nitrogens with one attached hydrogen (secondary N) is 1. The van der Waals surface area contributed by atoms with E-state index in [1.807, 2.05) is 6.92 Å². The molecule has 0 amide bonds. The van der Waals surface area contributed by atoms with Gasteiger partial charge in [0.15, 0.2) is 0 Å². The van der Waals surface area contributed by atoms with Crippen LogP contribution in [0, 0.1) is 30.1 Å². The van der Waals surface area contributed by atoms with Crippen LogP contribution in [0.4, 0.5) is 0 Å². The van der Waals surface area contributed by atoms with E-state index in [-0.39, 0.29) is 10.9 Å². The highest BCUT2D eigenvalue weighted by Gasteiger charge is 2.48. The molecule has 1 aliphatic heterocycles. The average Bonchev–Trinajstić information content (AvgIpc) is 3.02. The van der Waals surface area contributed by atoms with E-state index in [2.05, 4.69) is 11.4 Å². The number of piperidine rings is 1. The Morgan fingerprint density at radius 3 is 2.32 bits per heavy atom. The lowest BCUT2D eigenvalue weighted by atomic mass is 10.2. The molecule has 19 heavy (non-hydrogen) atoms. The molecule has 1 heterocycles. The van der Waals surface area contributed by atoms with E-state index in [0.717, 1.165) is 23.9 Å². The van der Waals surface area contributed by atoms with Gasteiger partial charge in [-0.05, 0) is 43.9 Å². The second kappa shape index (κ2) is 5.29. The summed E-state index contributed by atoms with van der Waals surface area (Å²) in [6.07, 6.45) is 1.30. The van der Waals surface area contributed by atoms with Crippen molar-refractivity contribution < 1.29 is 13.0 Å². The zero-order valence-electron chi connectivity index (χ0n) is 10.6. The predicted molar refractivity (Wildman–Crippen MR) is 70.0 cm³/mol. The molecular formula is C13H16N2O3S. The Bertz CT molecular complexity index is 589. The van der Waals surface area contributed by atoms with Crippen LogP contribution in [0.15, 0.2) is 29.2 Å². The van der Waals surface area contributed by atoms with Gasteiger partial charge in [-0.3, -0.25) is 4.55 Å². The van der Waals surface area contributed by atoms with Gasteiger partial charge in [-0.1, -0.05) is 17.7 Å². The molecule has 5 nitrogen and oxygen atoms in total. The van der Waals surface area contributed by atoms with Crippen LogP contribution >= 0.6 is 0 Å². The molecule has 2 aliphatic rings. The van der Waals surface area contributed by atoms with Gasteiger partial charge < -0.3 is 5.32 Å². The molecular weight excluding hydrogens is 264 g/mol. The van der Waals surface area contributed by atoms with Crippen molar-refractivity contribution in [1.82, 2.24) is 5.32 Å². The van der Waals surface area contributed by atoms with Crippen LogP contribution in [0.2, 0.25) is 0 Å². The van der Waals surface area contributed by atoms with E-state index >= 15 is 0 Å². The number of nitriles is 1. The van der Waals surface area contributed by atoms with E-state index in [4.69, 9.17) is 9.81 Å². The Balaban J connectivity index is 0.000000146. The first-order valence-corrected chi connectivity index (χ1v) is 7.53. The minimum Gasteiger partial charge on any atom is -0.301 e. The molecule has 3 unspecified atom stereocenters. The van der Waals surface area contributed by atoms with Crippen LogP contribution in [-0.4, -0.2) is 25.6 Å². The van der Waals surface area contributed by atoms with E-state index in [1.165, 1.54) is 18.6 Å². The number of hydrogen-bond acceptors (Lipinski definition) is 4. The number of benzene rings is 1. The molecule has 1 aromatic carbocycles. The van der Waals surface area contributed by atoms with Crippen molar-refractivity contribution in [1.29, 1.82) is 5.26 Å². The number of rotatable bonds is 1.